The molecule has 0 amide bonds. The minimum absolute atomic E-state index is 0.0317. The van der Waals surface area contributed by atoms with E-state index < -0.39 is 6.04 Å². The van der Waals surface area contributed by atoms with E-state index in [0.29, 0.717) is 40.6 Å². The van der Waals surface area contributed by atoms with E-state index in [2.05, 4.69) is 15.5 Å². The molecule has 0 radical (unpaired) electrons. The number of benzene rings is 2. The number of nitrogens with one attached hydrogen (secondary N) is 1. The molecule has 2 aromatic carbocycles. The van der Waals surface area contributed by atoms with Crippen LogP contribution < -0.4 is 19.5 Å². The summed E-state index contributed by atoms with van der Waals surface area (Å²) in [7, 11) is 1.51. The van der Waals surface area contributed by atoms with Gasteiger partial charge in [0.2, 0.25) is 12.6 Å². The van der Waals surface area contributed by atoms with Crippen molar-refractivity contribution in [1.29, 1.82) is 0 Å². The molecule has 0 saturated heterocycles. The maximum absolute atomic E-state index is 10.4. The van der Waals surface area contributed by atoms with Gasteiger partial charge in [0.1, 0.15) is 0 Å². The molecule has 170 valence electrons. The highest BCUT2D eigenvalue weighted by atomic mass is 32.1. The van der Waals surface area contributed by atoms with Crippen LogP contribution in [0.3, 0.4) is 0 Å². The molecule has 2 aliphatic heterocycles. The van der Waals surface area contributed by atoms with Gasteiger partial charge in [-0.25, -0.2) is 0 Å². The van der Waals surface area contributed by atoms with Gasteiger partial charge >= 0.3 is 0 Å². The molecule has 33 heavy (non-hydrogen) atoms. The van der Waals surface area contributed by atoms with Crippen molar-refractivity contribution in [3.8, 4) is 34.4 Å². The molecule has 0 fully saturated rings. The quantitative estimate of drug-likeness (QED) is 0.539. The van der Waals surface area contributed by atoms with Gasteiger partial charge in [0, 0.05) is 17.8 Å². The highest BCUT2D eigenvalue weighted by Gasteiger charge is 2.34. The number of thiocarbonyl (C=S) groups is 1. The summed E-state index contributed by atoms with van der Waals surface area (Å²) in [4.78, 5) is 6.64. The predicted octanol–water partition coefficient (Wildman–Crippen LogP) is 3.86. The zero-order valence-corrected chi connectivity index (χ0v) is 19.1. The first-order valence-electron chi connectivity index (χ1n) is 10.4. The van der Waals surface area contributed by atoms with Crippen LogP contribution in [0.1, 0.15) is 31.3 Å². The second kappa shape index (κ2) is 8.28. The molecule has 2 aliphatic rings. The fourth-order valence-electron chi connectivity index (χ4n) is 4.06. The Morgan fingerprint density at radius 3 is 2.79 bits per heavy atom. The van der Waals surface area contributed by atoms with E-state index in [1.165, 1.54) is 7.11 Å². The summed E-state index contributed by atoms with van der Waals surface area (Å²) in [5, 5.41) is 18.5. The van der Waals surface area contributed by atoms with Crippen LogP contribution in [0.4, 0.5) is 0 Å². The molecule has 0 saturated carbocycles. The van der Waals surface area contributed by atoms with E-state index in [1.807, 2.05) is 43.0 Å². The monoisotopic (exact) mass is 466 g/mol. The molecule has 1 unspecified atom stereocenters. The largest absolute Gasteiger partial charge is 0.504 e. The molecule has 0 aliphatic carbocycles. The Labute approximate surface area is 195 Å². The number of ether oxygens (including phenoxy) is 3. The number of allylic oxidation sites excluding steroid dienone is 1. The lowest BCUT2D eigenvalue weighted by Gasteiger charge is -2.36. The van der Waals surface area contributed by atoms with Crippen LogP contribution in [-0.2, 0) is 0 Å². The van der Waals surface area contributed by atoms with Crippen molar-refractivity contribution in [1.82, 2.24) is 20.4 Å². The Morgan fingerprint density at radius 1 is 1.21 bits per heavy atom. The number of aromatic hydroxyl groups is 1. The minimum atomic E-state index is -0.401. The molecule has 1 atom stereocenters. The van der Waals surface area contributed by atoms with Crippen molar-refractivity contribution in [3.63, 3.8) is 0 Å². The second-order valence-electron chi connectivity index (χ2n) is 7.55. The zero-order chi connectivity index (χ0) is 23.1. The summed E-state index contributed by atoms with van der Waals surface area (Å²) in [6.07, 6.45) is 0. The first-order chi connectivity index (χ1) is 16.0. The number of nitrogens with zero attached hydrogens (tertiary/aromatic N) is 3. The number of phenols is 1. The van der Waals surface area contributed by atoms with Crippen molar-refractivity contribution in [2.75, 3.05) is 20.4 Å². The number of rotatable bonds is 5. The van der Waals surface area contributed by atoms with Crippen molar-refractivity contribution in [3.05, 3.63) is 53.5 Å². The summed E-state index contributed by atoms with van der Waals surface area (Å²) >= 11 is 5.59. The van der Waals surface area contributed by atoms with E-state index in [0.717, 1.165) is 22.4 Å². The summed E-state index contributed by atoms with van der Waals surface area (Å²) < 4.78 is 21.7. The topological polar surface area (TPSA) is 102 Å². The van der Waals surface area contributed by atoms with Crippen LogP contribution in [0.25, 0.3) is 17.0 Å². The number of hydrogen-bond acceptors (Lipinski definition) is 8. The van der Waals surface area contributed by atoms with Crippen molar-refractivity contribution < 1.29 is 23.8 Å². The fourth-order valence-corrected chi connectivity index (χ4v) is 4.45. The van der Waals surface area contributed by atoms with Gasteiger partial charge in [0.05, 0.1) is 18.7 Å². The Kier molecular flexibility index (Phi) is 5.29. The van der Waals surface area contributed by atoms with Crippen molar-refractivity contribution in [2.24, 2.45) is 0 Å². The van der Waals surface area contributed by atoms with Gasteiger partial charge < -0.3 is 34.1 Å². The van der Waals surface area contributed by atoms with Gasteiger partial charge in [-0.05, 0) is 62.0 Å². The highest BCUT2D eigenvalue weighted by Crippen LogP contribution is 2.40. The average Bonchev–Trinajstić information content (AvgIpc) is 3.48. The molecule has 3 aromatic rings. The molecular formula is C23H22N4O5S. The lowest BCUT2D eigenvalue weighted by atomic mass is 9.94. The minimum Gasteiger partial charge on any atom is -0.504 e. The van der Waals surface area contributed by atoms with Crippen LogP contribution in [0, 0.1) is 0 Å². The predicted molar refractivity (Wildman–Crippen MR) is 124 cm³/mol. The summed E-state index contributed by atoms with van der Waals surface area (Å²) in [6, 6.07) is 10.3. The summed E-state index contributed by atoms with van der Waals surface area (Å²) in [6.45, 7) is 4.84. The SMILES string of the molecule is CCN1C(=S)NC(c2ccc(OC)c(O)c2)C(c2nc(-c3ccc4c(c3)OCO4)no2)=C1C. The Bertz CT molecular complexity index is 1270. The Hall–Kier alpha value is -3.79. The second-order valence-corrected chi connectivity index (χ2v) is 7.94. The fraction of sp³-hybridized carbons (Fsp3) is 0.261. The average molecular weight is 467 g/mol. The standard InChI is InChI=1S/C23H22N4O5S/c1-4-27-12(2)19(20(24-23(27)33)13-5-7-16(29-3)15(28)9-13)22-25-21(26-32-22)14-6-8-17-18(10-14)31-11-30-17/h5-10,20,28H,4,11H2,1-3H3,(H,24,33). The first kappa shape index (κ1) is 21.1. The molecule has 0 bridgehead atoms. The highest BCUT2D eigenvalue weighted by molar-refractivity contribution is 7.80. The number of hydrogen-bond donors (Lipinski definition) is 2. The maximum atomic E-state index is 10.4. The summed E-state index contributed by atoms with van der Waals surface area (Å²) in [5.41, 5.74) is 3.19. The third kappa shape index (κ3) is 3.62. The molecule has 2 N–H and O–H groups in total. The molecule has 5 rings (SSSR count). The van der Waals surface area contributed by atoms with Crippen molar-refractivity contribution >= 4 is 22.9 Å². The molecule has 0 spiro atoms. The summed E-state index contributed by atoms with van der Waals surface area (Å²) in [5.74, 6) is 2.53. The number of phenolic OH excluding ortho intramolecular Hbond substituents is 1. The maximum Gasteiger partial charge on any atom is 0.258 e. The van der Waals surface area contributed by atoms with Gasteiger partial charge in [-0.1, -0.05) is 11.2 Å². The van der Waals surface area contributed by atoms with Crippen molar-refractivity contribution in [2.45, 2.75) is 19.9 Å². The first-order valence-corrected chi connectivity index (χ1v) is 10.8. The molecular weight excluding hydrogens is 444 g/mol. The van der Waals surface area contributed by atoms with Gasteiger partial charge in [0.15, 0.2) is 28.1 Å². The Balaban J connectivity index is 1.58. The van der Waals surface area contributed by atoms with E-state index in [-0.39, 0.29) is 12.5 Å². The normalized spacial score (nSPS) is 17.4. The van der Waals surface area contributed by atoms with E-state index in [4.69, 9.17) is 31.0 Å². The third-order valence-electron chi connectivity index (χ3n) is 5.74. The third-order valence-corrected chi connectivity index (χ3v) is 6.07. The smallest absolute Gasteiger partial charge is 0.258 e. The lowest BCUT2D eigenvalue weighted by molar-refractivity contribution is 0.174. The van der Waals surface area contributed by atoms with E-state index in [1.54, 1.807) is 12.1 Å². The van der Waals surface area contributed by atoms with Gasteiger partial charge in [0.25, 0.3) is 5.89 Å². The Morgan fingerprint density at radius 2 is 2.03 bits per heavy atom. The lowest BCUT2D eigenvalue weighted by Crippen LogP contribution is -2.45. The van der Waals surface area contributed by atoms with Gasteiger partial charge in [-0.2, -0.15) is 4.98 Å². The van der Waals surface area contributed by atoms with Gasteiger partial charge in [-0.15, -0.1) is 0 Å². The van der Waals surface area contributed by atoms with Gasteiger partial charge in [-0.3, -0.25) is 0 Å². The van der Waals surface area contributed by atoms with Crippen LogP contribution in [0.2, 0.25) is 0 Å². The van der Waals surface area contributed by atoms with Crippen LogP contribution >= 0.6 is 12.2 Å². The zero-order valence-electron chi connectivity index (χ0n) is 18.3. The molecule has 10 heteroatoms. The molecule has 1 aromatic heterocycles. The van der Waals surface area contributed by atoms with E-state index in [9.17, 15) is 5.11 Å². The number of methoxy groups -OCH3 is 1. The number of aromatic nitrogens is 2. The number of fused-ring (bicyclic) bond motifs is 1. The van der Waals surface area contributed by atoms with Crippen LogP contribution in [0.5, 0.6) is 23.0 Å². The molecule has 3 heterocycles. The van der Waals surface area contributed by atoms with E-state index >= 15 is 0 Å². The van der Waals surface area contributed by atoms with Crippen LogP contribution in [0.15, 0.2) is 46.6 Å². The molecule has 9 nitrogen and oxygen atoms in total. The van der Waals surface area contributed by atoms with Crippen LogP contribution in [-0.4, -0.2) is 45.7 Å².